The molecule has 0 bridgehead atoms. The van der Waals surface area contributed by atoms with E-state index >= 15 is 4.79 Å². The Labute approximate surface area is 289 Å². The van der Waals surface area contributed by atoms with Crippen molar-refractivity contribution in [1.29, 1.82) is 5.26 Å². The Morgan fingerprint density at radius 3 is 2.36 bits per heavy atom. The van der Waals surface area contributed by atoms with E-state index < -0.39 is 34.5 Å². The molecule has 11 nitrogen and oxygen atoms in total. The number of nitrogens with one attached hydrogen (secondary N) is 1. The molecule has 1 saturated heterocycles. The van der Waals surface area contributed by atoms with Gasteiger partial charge in [-0.25, -0.2) is 26.5 Å². The molecule has 3 aromatic carbocycles. The summed E-state index contributed by atoms with van der Waals surface area (Å²) in [6, 6.07) is 22.6. The maximum atomic E-state index is 15.0. The minimum absolute atomic E-state index is 0.0382. The van der Waals surface area contributed by atoms with E-state index in [1.807, 2.05) is 24.3 Å². The van der Waals surface area contributed by atoms with Crippen molar-refractivity contribution in [1.82, 2.24) is 15.2 Å². The number of sulfonamides is 1. The Balaban J connectivity index is 1.43. The van der Waals surface area contributed by atoms with E-state index in [0.29, 0.717) is 4.31 Å². The number of hydrogen-bond acceptors (Lipinski definition) is 10. The van der Waals surface area contributed by atoms with Crippen molar-refractivity contribution in [3.05, 3.63) is 107 Å². The van der Waals surface area contributed by atoms with Crippen LogP contribution in [0.25, 0.3) is 0 Å². The third-order valence-electron chi connectivity index (χ3n) is 8.81. The Morgan fingerprint density at radius 1 is 0.980 bits per heavy atom. The molecule has 1 N–H and O–H groups in total. The third kappa shape index (κ3) is 6.59. The molecule has 2 aliphatic heterocycles. The first kappa shape index (κ1) is 34.8. The predicted octanol–water partition coefficient (Wildman–Crippen LogP) is 4.52. The molecule has 6 rings (SSSR count). The summed E-state index contributed by atoms with van der Waals surface area (Å²) in [5.41, 5.74) is 0.791. The number of amides is 1. The summed E-state index contributed by atoms with van der Waals surface area (Å²) in [4.78, 5) is 23.7. The van der Waals surface area contributed by atoms with Crippen molar-refractivity contribution in [2.45, 2.75) is 30.3 Å². The van der Waals surface area contributed by atoms with Crippen LogP contribution in [0.4, 0.5) is 20.2 Å². The summed E-state index contributed by atoms with van der Waals surface area (Å²) < 4.78 is 65.7. The minimum atomic E-state index is -4.59. The molecule has 14 heteroatoms. The zero-order valence-electron chi connectivity index (χ0n) is 27.6. The fraction of sp³-hybridized carbons (Fsp3) is 0.306. The molecule has 3 heterocycles. The Morgan fingerprint density at radius 2 is 1.70 bits per heavy atom. The van der Waals surface area contributed by atoms with Crippen LogP contribution in [0, 0.1) is 11.3 Å². The second kappa shape index (κ2) is 14.4. The van der Waals surface area contributed by atoms with Gasteiger partial charge in [-0.2, -0.15) is 5.26 Å². The number of aromatic nitrogens is 1. The molecule has 50 heavy (non-hydrogen) atoms. The zero-order valence-corrected chi connectivity index (χ0v) is 28.4. The van der Waals surface area contributed by atoms with Gasteiger partial charge in [0.1, 0.15) is 12.4 Å². The monoisotopic (exact) mass is 702 g/mol. The number of nitriles is 1. The lowest BCUT2D eigenvalue weighted by Crippen LogP contribution is -2.52. The van der Waals surface area contributed by atoms with Crippen LogP contribution in [0.2, 0.25) is 0 Å². The van der Waals surface area contributed by atoms with Gasteiger partial charge in [0.25, 0.3) is 22.4 Å². The van der Waals surface area contributed by atoms with E-state index in [2.05, 4.69) is 33.2 Å². The van der Waals surface area contributed by atoms with Crippen LogP contribution < -0.4 is 24.0 Å². The second-order valence-corrected chi connectivity index (χ2v) is 13.7. The Bertz CT molecular complexity index is 2000. The first-order valence-electron chi connectivity index (χ1n) is 16.1. The van der Waals surface area contributed by atoms with Crippen molar-refractivity contribution in [2.24, 2.45) is 0 Å². The van der Waals surface area contributed by atoms with Gasteiger partial charge in [-0.15, -0.1) is 0 Å². The summed E-state index contributed by atoms with van der Waals surface area (Å²) >= 11 is 0. The molecule has 1 unspecified atom stereocenters. The number of hydrogen-bond donors (Lipinski definition) is 1. The molecule has 0 aliphatic carbocycles. The van der Waals surface area contributed by atoms with Gasteiger partial charge >= 0.3 is 0 Å². The van der Waals surface area contributed by atoms with Gasteiger partial charge in [-0.05, 0) is 86.3 Å². The van der Waals surface area contributed by atoms with Gasteiger partial charge in [0.05, 0.1) is 28.8 Å². The molecule has 0 radical (unpaired) electrons. The van der Waals surface area contributed by atoms with Gasteiger partial charge in [0, 0.05) is 55.7 Å². The Kier molecular flexibility index (Phi) is 10.0. The van der Waals surface area contributed by atoms with Crippen LogP contribution >= 0.6 is 0 Å². The standard InChI is InChI=1S/C36H36F2N6O5S/c1-3-48-34-30(5-4-16-40-34)36(41-23-25-6-9-27(10-7-25)43-19-17-42(2)18-20-43)31-21-26(22-39)8-15-32(31)44(35(36)45)50(46,47)29-13-11-28(12-14-29)49-24-33(37)38/h4-16,21,33,41H,3,17-20,23-24H2,1-2H3. The van der Waals surface area contributed by atoms with Gasteiger partial charge in [0.15, 0.2) is 5.54 Å². The molecule has 4 aromatic rings. The summed E-state index contributed by atoms with van der Waals surface area (Å²) in [5, 5.41) is 13.3. The van der Waals surface area contributed by atoms with E-state index in [9.17, 15) is 22.5 Å². The quantitative estimate of drug-likeness (QED) is 0.225. The van der Waals surface area contributed by atoms with Gasteiger partial charge in [-0.3, -0.25) is 10.1 Å². The molecule has 1 aromatic heterocycles. The highest BCUT2D eigenvalue weighted by molar-refractivity contribution is 7.93. The summed E-state index contributed by atoms with van der Waals surface area (Å²) in [6.07, 6.45) is -1.20. The molecule has 1 amide bonds. The number of pyridine rings is 1. The topological polar surface area (TPSA) is 128 Å². The largest absolute Gasteiger partial charge is 0.488 e. The van der Waals surface area contributed by atoms with Crippen molar-refractivity contribution in [3.8, 4) is 17.7 Å². The van der Waals surface area contributed by atoms with Crippen LogP contribution in [0.15, 0.2) is 90.0 Å². The number of ether oxygens (including phenoxy) is 2. The van der Waals surface area contributed by atoms with Crippen LogP contribution in [0.5, 0.6) is 11.6 Å². The number of benzene rings is 3. The molecule has 1 fully saturated rings. The minimum Gasteiger partial charge on any atom is -0.488 e. The normalized spacial score (nSPS) is 17.9. The van der Waals surface area contributed by atoms with Gasteiger partial charge in [0.2, 0.25) is 5.88 Å². The summed E-state index contributed by atoms with van der Waals surface area (Å²) in [6.45, 7) is 4.99. The predicted molar refractivity (Wildman–Crippen MR) is 183 cm³/mol. The highest BCUT2D eigenvalue weighted by atomic mass is 32.2. The van der Waals surface area contributed by atoms with E-state index in [-0.39, 0.29) is 52.1 Å². The van der Waals surface area contributed by atoms with E-state index in [1.54, 1.807) is 19.1 Å². The number of fused-ring (bicyclic) bond motifs is 1. The van der Waals surface area contributed by atoms with Crippen LogP contribution in [0.3, 0.4) is 0 Å². The first-order chi connectivity index (χ1) is 24.1. The number of alkyl halides is 2. The zero-order chi connectivity index (χ0) is 35.5. The van der Waals surface area contributed by atoms with E-state index in [4.69, 9.17) is 9.47 Å². The van der Waals surface area contributed by atoms with Crippen molar-refractivity contribution in [2.75, 3.05) is 55.6 Å². The van der Waals surface area contributed by atoms with Gasteiger partial charge in [-0.1, -0.05) is 12.1 Å². The number of likely N-dealkylation sites (N-methyl/N-ethyl adjacent to an activating group) is 1. The van der Waals surface area contributed by atoms with Crippen LogP contribution in [-0.4, -0.2) is 77.1 Å². The number of piperazine rings is 1. The first-order valence-corrected chi connectivity index (χ1v) is 17.5. The highest BCUT2D eigenvalue weighted by Crippen LogP contribution is 2.49. The number of anilines is 2. The lowest BCUT2D eigenvalue weighted by Gasteiger charge is -2.34. The average molecular weight is 703 g/mol. The highest BCUT2D eigenvalue weighted by Gasteiger charge is 2.57. The Hall–Kier alpha value is -5.10. The summed E-state index contributed by atoms with van der Waals surface area (Å²) in [5.74, 6) is -0.694. The van der Waals surface area contributed by atoms with Crippen molar-refractivity contribution >= 4 is 27.3 Å². The smallest absolute Gasteiger partial charge is 0.272 e. The number of halogens is 2. The van der Waals surface area contributed by atoms with E-state index in [0.717, 1.165) is 37.4 Å². The average Bonchev–Trinajstić information content (AvgIpc) is 3.38. The number of carbonyl (C=O) groups is 1. The molecule has 0 spiro atoms. The number of rotatable bonds is 12. The molecule has 1 atom stereocenters. The second-order valence-electron chi connectivity index (χ2n) is 11.9. The van der Waals surface area contributed by atoms with Crippen LogP contribution in [0.1, 0.15) is 29.2 Å². The number of nitrogens with zero attached hydrogens (tertiary/aromatic N) is 5. The van der Waals surface area contributed by atoms with Crippen LogP contribution in [-0.2, 0) is 26.9 Å². The molecule has 0 saturated carbocycles. The summed E-state index contributed by atoms with van der Waals surface area (Å²) in [7, 11) is -2.49. The lowest BCUT2D eigenvalue weighted by molar-refractivity contribution is -0.121. The fourth-order valence-corrected chi connectivity index (χ4v) is 7.71. The third-order valence-corrected chi connectivity index (χ3v) is 10.5. The molecular weight excluding hydrogens is 666 g/mol. The molecule has 260 valence electrons. The van der Waals surface area contributed by atoms with E-state index in [1.165, 1.54) is 48.7 Å². The SMILES string of the molecule is CCOc1ncccc1C1(NCc2ccc(N3CCN(C)CC3)cc2)C(=O)N(S(=O)(=O)c2ccc(OCC(F)F)cc2)c2ccc(C#N)cc21. The molecule has 2 aliphatic rings. The fourth-order valence-electron chi connectivity index (χ4n) is 6.25. The lowest BCUT2D eigenvalue weighted by atomic mass is 9.83. The van der Waals surface area contributed by atoms with Gasteiger partial charge < -0.3 is 19.3 Å². The molecular formula is C36H36F2N6O5S. The van der Waals surface area contributed by atoms with Crippen molar-refractivity contribution in [3.63, 3.8) is 0 Å². The maximum absolute atomic E-state index is 15.0. The maximum Gasteiger partial charge on any atom is 0.272 e. The van der Waals surface area contributed by atoms with Crippen molar-refractivity contribution < 1.29 is 31.5 Å². The number of carbonyl (C=O) groups excluding carboxylic acids is 1.